The zero-order chi connectivity index (χ0) is 63.8. The summed E-state index contributed by atoms with van der Waals surface area (Å²) in [7, 11) is 4.68. The average Bonchev–Trinajstić information content (AvgIpc) is 1.60. The molecule has 24 heteroatoms. The lowest BCUT2D eigenvalue weighted by Gasteiger charge is -2.55. The fourth-order valence-corrected chi connectivity index (χ4v) is 16.3. The Bertz CT molecular complexity index is 3500. The number of nitrogens with one attached hydrogen (secondary N) is 5. The maximum absolute atomic E-state index is 12.8. The van der Waals surface area contributed by atoms with Crippen molar-refractivity contribution in [2.45, 2.75) is 89.8 Å². The number of ketones is 1. The number of benzene rings is 4. The van der Waals surface area contributed by atoms with E-state index in [1.807, 2.05) is 78.9 Å². The molecule has 0 unspecified atom stereocenters. The summed E-state index contributed by atoms with van der Waals surface area (Å²) in [5.74, 6) is 1.98. The standard InChI is InChI=1S/C32H42Cl2N7OP.C26H28Cl2N5O2P.C6H14N2.CH4O.CH4/c1-39(2)23-11-14-41(21-23)24-18-32(19-24)12-15-40(16-13-32)28-10-9-22(17-25(28)33)36-31-35-20-26(34)30(38-31)37-27-7-5-6-8-29(27)43(3,4)42;1-36(2,35)23-6-4-3-5-21(23)31-24-20(28)16-29-25(32-24)30-17-7-8-22(19(27)13-17)33-11-9-26(10-12-33)14-18(34)15-26;1-8(2)6-3-4-7-5-6;1-2;/h5-10,17,20,23-24H,11-16,18-19,21H2,1-4H3,(H2,35,36,37,38);3-8,13,16H,9-12,14-15H2,1-2H3,(H2,29,30,31,32);6-7H,3-5H2,1-2H3;2H,1H3;1H4/t23-;;6-;;/m1.1../s1. The van der Waals surface area contributed by atoms with Crippen LogP contribution in [-0.2, 0) is 13.9 Å². The van der Waals surface area contributed by atoms with E-state index >= 15 is 0 Å². The predicted octanol–water partition coefficient (Wildman–Crippen LogP) is 13.5. The van der Waals surface area contributed by atoms with Crippen LogP contribution in [0.3, 0.4) is 0 Å². The number of hydrogen-bond acceptors (Lipinski definition) is 18. The van der Waals surface area contributed by atoms with Crippen LogP contribution in [0.4, 0.5) is 57.7 Å². The first-order chi connectivity index (χ1) is 42.4. The Kier molecular flexibility index (Phi) is 24.2. The summed E-state index contributed by atoms with van der Waals surface area (Å²) in [5, 5.41) is 26.8. The van der Waals surface area contributed by atoms with Gasteiger partial charge in [0.15, 0.2) is 11.6 Å². The van der Waals surface area contributed by atoms with E-state index in [9.17, 15) is 13.9 Å². The molecule has 4 aromatic carbocycles. The van der Waals surface area contributed by atoms with E-state index in [1.54, 1.807) is 32.9 Å². The zero-order valence-electron chi connectivity index (χ0n) is 52.8. The van der Waals surface area contributed by atoms with Gasteiger partial charge in [-0.05, 0) is 184 Å². The number of piperidine rings is 2. The zero-order valence-corrected chi connectivity index (χ0v) is 57.6. The maximum atomic E-state index is 12.8. The molecule has 0 radical (unpaired) electrons. The van der Waals surface area contributed by atoms with Crippen LogP contribution in [-0.4, -0.2) is 178 Å². The molecular weight excluding hydrogens is 1260 g/mol. The third-order valence-electron chi connectivity index (χ3n) is 18.4. The first-order valence-corrected chi connectivity index (χ1v) is 37.4. The first-order valence-electron chi connectivity index (χ1n) is 30.7. The molecule has 2 aromatic heterocycles. The molecule has 0 amide bonds. The van der Waals surface area contributed by atoms with Crippen molar-refractivity contribution in [1.82, 2.24) is 40.0 Å². The monoisotopic (exact) mass is 1350 g/mol. The maximum Gasteiger partial charge on any atom is 0.229 e. The van der Waals surface area contributed by atoms with Gasteiger partial charge in [0.05, 0.1) is 45.2 Å². The lowest BCUT2D eigenvalue weighted by Crippen LogP contribution is -2.55. The minimum absolute atomic E-state index is 0. The van der Waals surface area contributed by atoms with Gasteiger partial charge in [-0.25, -0.2) is 9.97 Å². The number of para-hydroxylation sites is 2. The molecule has 90 heavy (non-hydrogen) atoms. The number of nitrogens with zero attached hydrogens (tertiary/aromatic N) is 9. The molecule has 6 aliphatic rings. The topological polar surface area (TPSA) is 199 Å². The van der Waals surface area contributed by atoms with E-state index in [-0.39, 0.29) is 12.8 Å². The number of carbonyl (C=O) groups is 1. The van der Waals surface area contributed by atoms with Crippen LogP contribution in [0.1, 0.15) is 71.6 Å². The van der Waals surface area contributed by atoms with Gasteiger partial charge in [-0.3, -0.25) is 9.69 Å². The summed E-state index contributed by atoms with van der Waals surface area (Å²) in [6, 6.07) is 29.0. The molecule has 2 atom stereocenters. The van der Waals surface area contributed by atoms with Crippen LogP contribution in [0.15, 0.2) is 97.3 Å². The summed E-state index contributed by atoms with van der Waals surface area (Å²) in [6.45, 7) is 15.7. The molecule has 4 aliphatic heterocycles. The number of hydrogen-bond donors (Lipinski definition) is 6. The smallest absolute Gasteiger partial charge is 0.229 e. The molecule has 2 aliphatic carbocycles. The largest absolute Gasteiger partial charge is 0.400 e. The number of aliphatic hydroxyl groups is 1. The Morgan fingerprint density at radius 3 is 1.41 bits per heavy atom. The SMILES string of the molecule is C.CN(C)[C@@H]1CCN(C2CC3(CCN(c4ccc(Nc5ncc(Cl)c(Nc6ccccc6P(C)(C)=O)n5)cc4Cl)CC3)C2)C1.CN(C)[C@@H]1CCNC1.CO.CP(C)(=O)c1ccccc1Nc1nc(Nc2ccc(N3CCC4(CC3)CC(=O)C4)c(Cl)c2)ncc1Cl. The number of carbonyl (C=O) groups excluding carboxylic acids is 1. The van der Waals surface area contributed by atoms with E-state index in [1.165, 1.54) is 70.9 Å². The van der Waals surface area contributed by atoms with Crippen molar-refractivity contribution < 1.29 is 19.0 Å². The number of Topliss-reactive ketones (excluding diaryl/α,β-unsaturated/α-hetero) is 1. The van der Waals surface area contributed by atoms with Gasteiger partial charge < -0.3 is 60.4 Å². The highest BCUT2D eigenvalue weighted by molar-refractivity contribution is 7.70. The molecule has 4 saturated heterocycles. The number of rotatable bonds is 15. The number of likely N-dealkylation sites (N-methyl/N-ethyl adjacent to an activating group) is 2. The van der Waals surface area contributed by atoms with Gasteiger partial charge >= 0.3 is 0 Å². The second kappa shape index (κ2) is 30.8. The molecule has 6 heterocycles. The Morgan fingerprint density at radius 1 is 0.589 bits per heavy atom. The highest BCUT2D eigenvalue weighted by atomic mass is 35.5. The number of halogens is 4. The third kappa shape index (κ3) is 17.8. The van der Waals surface area contributed by atoms with Gasteiger partial charge in [0, 0.05) is 106 Å². The highest BCUT2D eigenvalue weighted by Crippen LogP contribution is 2.53. The van der Waals surface area contributed by atoms with E-state index < -0.39 is 14.3 Å². The molecule has 488 valence electrons. The van der Waals surface area contributed by atoms with Gasteiger partial charge in [0.2, 0.25) is 11.9 Å². The Balaban J connectivity index is 0.000000202. The summed E-state index contributed by atoms with van der Waals surface area (Å²) >= 11 is 26.3. The lowest BCUT2D eigenvalue weighted by atomic mass is 9.60. The van der Waals surface area contributed by atoms with Crippen LogP contribution >= 0.6 is 60.7 Å². The van der Waals surface area contributed by atoms with Gasteiger partial charge in [-0.2, -0.15) is 9.97 Å². The van der Waals surface area contributed by atoms with Crippen LogP contribution in [0.5, 0.6) is 0 Å². The molecule has 0 bridgehead atoms. The molecule has 6 fully saturated rings. The Morgan fingerprint density at radius 2 is 1.03 bits per heavy atom. The Hall–Kier alpha value is -5.07. The predicted molar refractivity (Wildman–Crippen MR) is 380 cm³/mol. The molecule has 2 spiro atoms. The quantitative estimate of drug-likeness (QED) is 0.0530. The molecule has 6 N–H and O–H groups in total. The molecular formula is C66H92Cl4N14O4P2. The van der Waals surface area contributed by atoms with Crippen molar-refractivity contribution in [2.24, 2.45) is 10.8 Å². The van der Waals surface area contributed by atoms with Crippen molar-refractivity contribution in [1.29, 1.82) is 0 Å². The van der Waals surface area contributed by atoms with Gasteiger partial charge in [0.1, 0.15) is 30.1 Å². The highest BCUT2D eigenvalue weighted by Gasteiger charge is 2.49. The van der Waals surface area contributed by atoms with Gasteiger partial charge in [-0.15, -0.1) is 0 Å². The lowest BCUT2D eigenvalue weighted by molar-refractivity contribution is -0.133. The first kappa shape index (κ1) is 70.8. The fourth-order valence-electron chi connectivity index (χ4n) is 13.1. The summed E-state index contributed by atoms with van der Waals surface area (Å²) in [6.07, 6.45) is 14.3. The van der Waals surface area contributed by atoms with Gasteiger partial charge in [0.25, 0.3) is 0 Å². The van der Waals surface area contributed by atoms with Crippen molar-refractivity contribution in [3.63, 3.8) is 0 Å². The second-order valence-electron chi connectivity index (χ2n) is 25.8. The fraction of sp³-hybridized carbons (Fsp3) is 0.500. The normalized spacial score (nSPS) is 19.5. The summed E-state index contributed by atoms with van der Waals surface area (Å²) in [5.41, 5.74) is 5.75. The van der Waals surface area contributed by atoms with Crippen molar-refractivity contribution in [2.75, 3.05) is 145 Å². The number of aliphatic hydroxyl groups excluding tert-OH is 1. The van der Waals surface area contributed by atoms with E-state index in [4.69, 9.17) is 51.5 Å². The van der Waals surface area contributed by atoms with Crippen LogP contribution in [0.2, 0.25) is 20.1 Å². The summed E-state index contributed by atoms with van der Waals surface area (Å²) < 4.78 is 25.5. The second-order valence-corrected chi connectivity index (χ2v) is 33.8. The van der Waals surface area contributed by atoms with E-state index in [0.717, 1.165) is 104 Å². The Labute approximate surface area is 553 Å². The number of aromatic nitrogens is 4. The molecule has 18 nitrogen and oxygen atoms in total. The minimum Gasteiger partial charge on any atom is -0.400 e. The minimum atomic E-state index is -2.50. The van der Waals surface area contributed by atoms with E-state index in [0.29, 0.717) is 72.2 Å². The third-order valence-corrected chi connectivity index (χ3v) is 22.6. The molecule has 6 aromatic rings. The molecule has 12 rings (SSSR count). The van der Waals surface area contributed by atoms with Crippen LogP contribution in [0.25, 0.3) is 0 Å². The van der Waals surface area contributed by atoms with Gasteiger partial charge in [-0.1, -0.05) is 78.1 Å². The van der Waals surface area contributed by atoms with Crippen molar-refractivity contribution >= 4 is 135 Å². The number of anilines is 10. The van der Waals surface area contributed by atoms with E-state index in [2.05, 4.69) is 105 Å². The van der Waals surface area contributed by atoms with Crippen molar-refractivity contribution in [3.8, 4) is 0 Å². The van der Waals surface area contributed by atoms with Crippen LogP contribution in [0, 0.1) is 10.8 Å². The average molecular weight is 1350 g/mol. The van der Waals surface area contributed by atoms with Crippen LogP contribution < -0.4 is 47.0 Å². The summed E-state index contributed by atoms with van der Waals surface area (Å²) in [4.78, 5) is 41.4. The molecule has 2 saturated carbocycles. The number of likely N-dealkylation sites (tertiary alicyclic amines) is 1. The van der Waals surface area contributed by atoms with Crippen molar-refractivity contribution in [3.05, 3.63) is 117 Å².